The predicted molar refractivity (Wildman–Crippen MR) is 135 cm³/mol. The molecule has 3 heterocycles. The molecule has 2 aliphatic rings. The number of aromatic nitrogens is 1. The summed E-state index contributed by atoms with van der Waals surface area (Å²) in [4.78, 5) is 17.0. The molecule has 1 N–H and O–H groups in total. The Morgan fingerprint density at radius 2 is 1.76 bits per heavy atom. The zero-order chi connectivity index (χ0) is 24.1. The number of hydrogen-bond acceptors (Lipinski definition) is 4. The molecule has 170 valence electrons. The van der Waals surface area contributed by atoms with Crippen LogP contribution in [0.25, 0.3) is 11.8 Å². The Morgan fingerprint density at radius 3 is 2.50 bits per heavy atom. The quantitative estimate of drug-likeness (QED) is 0.512. The molecule has 0 fully saturated rings. The third-order valence-electron chi connectivity index (χ3n) is 5.92. The molecule has 2 aliphatic heterocycles. The van der Waals surface area contributed by atoms with Gasteiger partial charge in [-0.3, -0.25) is 10.2 Å². The lowest BCUT2D eigenvalue weighted by Gasteiger charge is -2.20. The van der Waals surface area contributed by atoms with Crippen molar-refractivity contribution in [2.45, 2.75) is 27.7 Å². The number of carbonyl (C=O) groups is 1. The Morgan fingerprint density at radius 1 is 1.03 bits per heavy atom. The van der Waals surface area contributed by atoms with Gasteiger partial charge in [-0.25, -0.2) is 4.39 Å². The van der Waals surface area contributed by atoms with Crippen molar-refractivity contribution in [2.24, 2.45) is 10.1 Å². The molecular formula is C26H22FN5OS. The monoisotopic (exact) mass is 471 g/mol. The molecule has 5 rings (SSSR count). The first-order valence-corrected chi connectivity index (χ1v) is 11.6. The van der Waals surface area contributed by atoms with Gasteiger partial charge in [0.05, 0.1) is 5.57 Å². The maximum Gasteiger partial charge on any atom is 0.283 e. The first kappa shape index (κ1) is 22.0. The summed E-state index contributed by atoms with van der Waals surface area (Å²) >= 11 is 1.19. The fourth-order valence-corrected chi connectivity index (χ4v) is 5.02. The van der Waals surface area contributed by atoms with Gasteiger partial charge in [0.15, 0.2) is 5.84 Å². The molecule has 8 heteroatoms. The second-order valence-corrected chi connectivity index (χ2v) is 9.34. The zero-order valence-electron chi connectivity index (χ0n) is 19.2. The third kappa shape index (κ3) is 3.70. The van der Waals surface area contributed by atoms with Crippen LogP contribution in [0.3, 0.4) is 0 Å². The largest absolute Gasteiger partial charge is 0.318 e. The fraction of sp³-hybridized carbons (Fsp3) is 0.154. The maximum absolute atomic E-state index is 13.3. The van der Waals surface area contributed by atoms with Crippen LogP contribution in [-0.2, 0) is 4.79 Å². The van der Waals surface area contributed by atoms with Gasteiger partial charge in [0.1, 0.15) is 10.9 Å². The number of carbonyl (C=O) groups excluding carboxylic acids is 1. The van der Waals surface area contributed by atoms with E-state index in [1.54, 1.807) is 18.2 Å². The van der Waals surface area contributed by atoms with Crippen molar-refractivity contribution in [3.8, 4) is 5.69 Å². The Hall–Kier alpha value is -3.78. The van der Waals surface area contributed by atoms with Gasteiger partial charge in [0, 0.05) is 22.6 Å². The van der Waals surface area contributed by atoms with Gasteiger partial charge in [-0.2, -0.15) is 15.1 Å². The molecule has 34 heavy (non-hydrogen) atoms. The van der Waals surface area contributed by atoms with Crippen LogP contribution in [0.15, 0.2) is 64.2 Å². The van der Waals surface area contributed by atoms with Gasteiger partial charge < -0.3 is 4.57 Å². The minimum atomic E-state index is -0.476. The zero-order valence-corrected chi connectivity index (χ0v) is 20.0. The van der Waals surface area contributed by atoms with Crippen molar-refractivity contribution >= 4 is 39.8 Å². The molecule has 0 saturated heterocycles. The molecule has 0 spiro atoms. The summed E-state index contributed by atoms with van der Waals surface area (Å²) in [7, 11) is 0. The number of hydrogen-bond donors (Lipinski definition) is 1. The predicted octanol–water partition coefficient (Wildman–Crippen LogP) is 5.52. The number of nitrogens with zero attached hydrogens (tertiary/aromatic N) is 4. The van der Waals surface area contributed by atoms with E-state index in [-0.39, 0.29) is 17.2 Å². The van der Waals surface area contributed by atoms with E-state index in [9.17, 15) is 9.18 Å². The SMILES string of the molecule is Cc1ccc(C)c(-n2c(C)cc(/C=C3/C(=N)N4N=C(c5ccc(F)cc5)SC4=NC3=O)c2C)c1. The number of thioether (sulfide) groups is 1. The molecule has 1 aromatic heterocycles. The van der Waals surface area contributed by atoms with Crippen molar-refractivity contribution in [1.82, 2.24) is 9.58 Å². The van der Waals surface area contributed by atoms with E-state index >= 15 is 0 Å². The van der Waals surface area contributed by atoms with Crippen LogP contribution in [0.1, 0.15) is 33.6 Å². The number of amidine groups is 2. The fourth-order valence-electron chi connectivity index (χ4n) is 4.12. The third-order valence-corrected chi connectivity index (χ3v) is 6.88. The molecule has 0 unspecified atom stereocenters. The maximum atomic E-state index is 13.3. The van der Waals surface area contributed by atoms with E-state index < -0.39 is 5.91 Å². The van der Waals surface area contributed by atoms with Crippen LogP contribution >= 0.6 is 11.8 Å². The standard InChI is InChI=1S/C26H22FN5OS/c1-14-5-6-15(2)22(11-14)31-16(3)12-19(17(31)4)13-21-23(28)32-26(29-24(21)33)34-25(30-32)18-7-9-20(27)10-8-18/h5-13,28H,1-4H3/b21-13-,28-23?. The number of hydrazone groups is 1. The molecule has 3 aromatic rings. The summed E-state index contributed by atoms with van der Waals surface area (Å²) < 4.78 is 15.4. The van der Waals surface area contributed by atoms with E-state index in [4.69, 9.17) is 5.41 Å². The van der Waals surface area contributed by atoms with Crippen molar-refractivity contribution in [3.05, 3.63) is 93.6 Å². The van der Waals surface area contributed by atoms with Crippen LogP contribution in [0.4, 0.5) is 4.39 Å². The first-order chi connectivity index (χ1) is 16.2. The normalized spacial score (nSPS) is 16.7. The number of halogens is 1. The van der Waals surface area contributed by atoms with E-state index in [0.717, 1.165) is 28.2 Å². The Labute approximate surface area is 201 Å². The highest BCUT2D eigenvalue weighted by Gasteiger charge is 2.36. The Bertz CT molecular complexity index is 1460. The number of fused-ring (bicyclic) bond motifs is 1. The molecular weight excluding hydrogens is 449 g/mol. The van der Waals surface area contributed by atoms with Crippen LogP contribution in [-0.4, -0.2) is 31.5 Å². The van der Waals surface area contributed by atoms with Crippen molar-refractivity contribution in [1.29, 1.82) is 5.41 Å². The second-order valence-electron chi connectivity index (χ2n) is 8.38. The van der Waals surface area contributed by atoms with Crippen molar-refractivity contribution in [3.63, 3.8) is 0 Å². The molecule has 2 aromatic carbocycles. The van der Waals surface area contributed by atoms with E-state index in [1.807, 2.05) is 19.9 Å². The van der Waals surface area contributed by atoms with Crippen LogP contribution in [0, 0.1) is 38.9 Å². The number of rotatable bonds is 3. The highest BCUT2D eigenvalue weighted by atomic mass is 32.2. The molecule has 0 aliphatic carbocycles. The number of aliphatic imine (C=N–C) groups is 1. The minimum absolute atomic E-state index is 0.0313. The lowest BCUT2D eigenvalue weighted by Crippen LogP contribution is -2.35. The van der Waals surface area contributed by atoms with Gasteiger partial charge in [0.25, 0.3) is 5.91 Å². The van der Waals surface area contributed by atoms with Gasteiger partial charge in [-0.15, -0.1) is 0 Å². The number of aryl methyl sites for hydroxylation is 3. The molecule has 0 bridgehead atoms. The highest BCUT2D eigenvalue weighted by Crippen LogP contribution is 2.32. The highest BCUT2D eigenvalue weighted by molar-refractivity contribution is 8.27. The smallest absolute Gasteiger partial charge is 0.283 e. The molecule has 0 atom stereocenters. The average molecular weight is 472 g/mol. The number of nitrogens with one attached hydrogen (secondary N) is 1. The summed E-state index contributed by atoms with van der Waals surface area (Å²) in [6.45, 7) is 8.16. The van der Waals surface area contributed by atoms with E-state index in [0.29, 0.717) is 15.8 Å². The Balaban J connectivity index is 1.52. The lowest BCUT2D eigenvalue weighted by atomic mass is 10.1. The first-order valence-electron chi connectivity index (χ1n) is 10.8. The topological polar surface area (TPSA) is 73.8 Å². The Kier molecular flexibility index (Phi) is 5.32. The van der Waals surface area contributed by atoms with Gasteiger partial charge >= 0.3 is 0 Å². The summed E-state index contributed by atoms with van der Waals surface area (Å²) in [5, 5.41) is 15.4. The number of amides is 1. The second kappa shape index (κ2) is 8.22. The van der Waals surface area contributed by atoms with Gasteiger partial charge in [-0.05, 0) is 98.6 Å². The minimum Gasteiger partial charge on any atom is -0.318 e. The number of benzene rings is 2. The molecule has 0 radical (unpaired) electrons. The molecule has 0 saturated carbocycles. The summed E-state index contributed by atoms with van der Waals surface area (Å²) in [6, 6.07) is 14.3. The molecule has 1 amide bonds. The average Bonchev–Trinajstić information content (AvgIpc) is 3.34. The van der Waals surface area contributed by atoms with Crippen LogP contribution in [0.2, 0.25) is 0 Å². The summed E-state index contributed by atoms with van der Waals surface area (Å²) in [5.41, 5.74) is 7.14. The van der Waals surface area contributed by atoms with E-state index in [2.05, 4.69) is 46.7 Å². The van der Waals surface area contributed by atoms with Crippen molar-refractivity contribution < 1.29 is 9.18 Å². The summed E-state index contributed by atoms with van der Waals surface area (Å²) in [5.74, 6) is -0.846. The van der Waals surface area contributed by atoms with Crippen molar-refractivity contribution in [2.75, 3.05) is 0 Å². The van der Waals surface area contributed by atoms with Crippen LogP contribution < -0.4 is 0 Å². The van der Waals surface area contributed by atoms with Crippen LogP contribution in [0.5, 0.6) is 0 Å². The lowest BCUT2D eigenvalue weighted by molar-refractivity contribution is -0.114. The summed E-state index contributed by atoms with van der Waals surface area (Å²) in [6.07, 6.45) is 1.71. The van der Waals surface area contributed by atoms with E-state index in [1.165, 1.54) is 34.5 Å². The van der Waals surface area contributed by atoms with Gasteiger partial charge in [0.2, 0.25) is 5.17 Å². The molecule has 6 nitrogen and oxygen atoms in total. The van der Waals surface area contributed by atoms with Gasteiger partial charge in [-0.1, -0.05) is 12.1 Å².